The lowest BCUT2D eigenvalue weighted by molar-refractivity contribution is 0.123. The second kappa shape index (κ2) is 6.25. The number of rotatable bonds is 4. The second-order valence-corrected chi connectivity index (χ2v) is 7.76. The van der Waals surface area contributed by atoms with Gasteiger partial charge < -0.3 is 0 Å². The van der Waals surface area contributed by atoms with Crippen molar-refractivity contribution in [2.24, 2.45) is 15.4 Å². The predicted octanol–water partition coefficient (Wildman–Crippen LogP) is 4.09. The predicted molar refractivity (Wildman–Crippen MR) is 81.7 cm³/mol. The lowest BCUT2D eigenvalue weighted by Crippen LogP contribution is -2.44. The van der Waals surface area contributed by atoms with Gasteiger partial charge in [-0.2, -0.15) is 9.98 Å². The minimum Gasteiger partial charge on any atom is -0.211 e. The van der Waals surface area contributed by atoms with Crippen LogP contribution in [0.3, 0.4) is 0 Å². The molecule has 4 heteroatoms. The van der Waals surface area contributed by atoms with Crippen LogP contribution in [0.2, 0.25) is 0 Å². The molecule has 0 N–H and O–H groups in total. The number of hydrogen-bond acceptors (Lipinski definition) is 4. The van der Waals surface area contributed by atoms with Crippen LogP contribution >= 0.6 is 0 Å². The molecule has 0 aliphatic heterocycles. The van der Waals surface area contributed by atoms with E-state index in [2.05, 4.69) is 23.8 Å². The minimum atomic E-state index is -0.366. The first-order valence-corrected chi connectivity index (χ1v) is 8.13. The zero-order valence-corrected chi connectivity index (χ0v) is 13.3. The molecular weight excluding hydrogens is 264 g/mol. The summed E-state index contributed by atoms with van der Waals surface area (Å²) in [6, 6.07) is 0. The van der Waals surface area contributed by atoms with Gasteiger partial charge in [-0.1, -0.05) is 33.1 Å². The molecule has 2 aliphatic carbocycles. The smallest absolute Gasteiger partial charge is 0.211 e. The molecule has 21 heavy (non-hydrogen) atoms. The Morgan fingerprint density at radius 1 is 0.762 bits per heavy atom. The third-order valence-corrected chi connectivity index (χ3v) is 5.54. The molecule has 0 aromatic carbocycles. The topological polar surface area (TPSA) is 58.9 Å². The summed E-state index contributed by atoms with van der Waals surface area (Å²) < 4.78 is 0. The van der Waals surface area contributed by atoms with Crippen molar-refractivity contribution >= 4 is 12.2 Å². The van der Waals surface area contributed by atoms with Crippen molar-refractivity contribution < 1.29 is 9.59 Å². The van der Waals surface area contributed by atoms with E-state index in [-0.39, 0.29) is 11.1 Å². The van der Waals surface area contributed by atoms with Gasteiger partial charge in [0, 0.05) is 0 Å². The maximum Gasteiger partial charge on any atom is 0.235 e. The van der Waals surface area contributed by atoms with Crippen LogP contribution in [0.5, 0.6) is 0 Å². The number of aliphatic imine (C=N–C) groups is 2. The third-order valence-electron chi connectivity index (χ3n) is 5.54. The van der Waals surface area contributed by atoms with Crippen molar-refractivity contribution in [2.75, 3.05) is 0 Å². The van der Waals surface area contributed by atoms with Gasteiger partial charge in [0.2, 0.25) is 12.2 Å². The number of hydrogen-bond donors (Lipinski definition) is 0. The van der Waals surface area contributed by atoms with Crippen molar-refractivity contribution in [3.8, 4) is 0 Å². The van der Waals surface area contributed by atoms with E-state index < -0.39 is 0 Å². The standard InChI is InChI=1S/C17H26N2O2/c1-15(2)8-10-17(11-9-15,19-14-21)12-16(18-13-20)6-4-3-5-7-16/h3-12H2,1-2H3. The molecule has 0 amide bonds. The molecule has 0 aromatic rings. The Bertz CT molecular complexity index is 455. The molecular formula is C17H26N2O2. The van der Waals surface area contributed by atoms with Crippen LogP contribution in [0.4, 0.5) is 0 Å². The molecule has 2 saturated carbocycles. The zero-order chi connectivity index (χ0) is 15.4. The Kier molecular flexibility index (Phi) is 4.81. The monoisotopic (exact) mass is 290 g/mol. The van der Waals surface area contributed by atoms with E-state index in [0.29, 0.717) is 11.8 Å². The lowest BCUT2D eigenvalue weighted by Gasteiger charge is -2.45. The highest BCUT2D eigenvalue weighted by Gasteiger charge is 2.45. The molecule has 0 atom stereocenters. The Hall–Kier alpha value is -1.24. The van der Waals surface area contributed by atoms with Gasteiger partial charge in [0.05, 0.1) is 11.1 Å². The average molecular weight is 290 g/mol. The Morgan fingerprint density at radius 3 is 1.71 bits per heavy atom. The van der Waals surface area contributed by atoms with Gasteiger partial charge in [-0.05, 0) is 50.4 Å². The molecule has 116 valence electrons. The molecule has 0 spiro atoms. The number of nitrogens with zero attached hydrogens (tertiary/aromatic N) is 2. The van der Waals surface area contributed by atoms with Crippen LogP contribution in [-0.2, 0) is 9.59 Å². The van der Waals surface area contributed by atoms with E-state index in [0.717, 1.165) is 51.4 Å². The summed E-state index contributed by atoms with van der Waals surface area (Å²) in [6.07, 6.45) is 13.4. The summed E-state index contributed by atoms with van der Waals surface area (Å²) in [5.74, 6) is 0. The van der Waals surface area contributed by atoms with Gasteiger partial charge in [-0.15, -0.1) is 0 Å². The summed E-state index contributed by atoms with van der Waals surface area (Å²) in [4.78, 5) is 30.2. The van der Waals surface area contributed by atoms with Crippen LogP contribution in [0.15, 0.2) is 9.98 Å². The summed E-state index contributed by atoms with van der Waals surface area (Å²) in [5.41, 5.74) is -0.396. The van der Waals surface area contributed by atoms with Crippen LogP contribution in [-0.4, -0.2) is 23.2 Å². The van der Waals surface area contributed by atoms with Crippen molar-refractivity contribution in [1.82, 2.24) is 0 Å². The molecule has 2 rings (SSSR count). The van der Waals surface area contributed by atoms with Gasteiger partial charge in [0.25, 0.3) is 0 Å². The largest absolute Gasteiger partial charge is 0.235 e. The fourth-order valence-corrected chi connectivity index (χ4v) is 4.06. The van der Waals surface area contributed by atoms with Gasteiger partial charge >= 0.3 is 0 Å². The number of carbonyl (C=O) groups excluding carboxylic acids is 2. The SMILES string of the molecule is CC1(C)CCC(CC2(N=C=O)CCCCC2)(N=C=O)CC1. The van der Waals surface area contributed by atoms with E-state index in [1.54, 1.807) is 12.2 Å². The van der Waals surface area contributed by atoms with Crippen molar-refractivity contribution in [2.45, 2.75) is 89.1 Å². The average Bonchev–Trinajstić information content (AvgIpc) is 2.44. The fraction of sp³-hybridized carbons (Fsp3) is 0.882. The second-order valence-electron chi connectivity index (χ2n) is 7.76. The van der Waals surface area contributed by atoms with E-state index >= 15 is 0 Å². The first-order valence-electron chi connectivity index (χ1n) is 8.13. The van der Waals surface area contributed by atoms with Crippen LogP contribution in [0.1, 0.15) is 78.1 Å². The van der Waals surface area contributed by atoms with E-state index in [9.17, 15) is 9.59 Å². The molecule has 0 heterocycles. The molecule has 2 aliphatic rings. The summed E-state index contributed by atoms with van der Waals surface area (Å²) >= 11 is 0. The lowest BCUT2D eigenvalue weighted by atomic mass is 9.64. The highest BCUT2D eigenvalue weighted by Crippen LogP contribution is 2.48. The minimum absolute atomic E-state index is 0.315. The molecule has 4 nitrogen and oxygen atoms in total. The molecule has 0 saturated heterocycles. The van der Waals surface area contributed by atoms with Gasteiger partial charge in [0.15, 0.2) is 0 Å². The quantitative estimate of drug-likeness (QED) is 0.578. The summed E-state index contributed by atoms with van der Waals surface area (Å²) in [6.45, 7) is 4.53. The number of isocyanates is 2. The normalized spacial score (nSPS) is 26.2. The van der Waals surface area contributed by atoms with Crippen LogP contribution in [0.25, 0.3) is 0 Å². The highest BCUT2D eigenvalue weighted by molar-refractivity contribution is 5.37. The Labute approximate surface area is 127 Å². The van der Waals surface area contributed by atoms with E-state index in [4.69, 9.17) is 0 Å². The van der Waals surface area contributed by atoms with Crippen LogP contribution in [0, 0.1) is 5.41 Å². The first kappa shape index (κ1) is 16.1. The molecule has 0 unspecified atom stereocenters. The van der Waals surface area contributed by atoms with Crippen molar-refractivity contribution in [3.63, 3.8) is 0 Å². The Balaban J connectivity index is 2.22. The van der Waals surface area contributed by atoms with Gasteiger partial charge in [0.1, 0.15) is 0 Å². The van der Waals surface area contributed by atoms with E-state index in [1.165, 1.54) is 6.42 Å². The fourth-order valence-electron chi connectivity index (χ4n) is 4.06. The molecule has 0 bridgehead atoms. The first-order chi connectivity index (χ1) is 9.95. The van der Waals surface area contributed by atoms with Crippen molar-refractivity contribution in [1.29, 1.82) is 0 Å². The molecule has 0 radical (unpaired) electrons. The molecule has 0 aromatic heterocycles. The van der Waals surface area contributed by atoms with Crippen LogP contribution < -0.4 is 0 Å². The third kappa shape index (κ3) is 3.90. The van der Waals surface area contributed by atoms with Crippen molar-refractivity contribution in [3.05, 3.63) is 0 Å². The molecule has 2 fully saturated rings. The maximum atomic E-state index is 10.9. The summed E-state index contributed by atoms with van der Waals surface area (Å²) in [7, 11) is 0. The maximum absolute atomic E-state index is 10.9. The summed E-state index contributed by atoms with van der Waals surface area (Å²) in [5, 5.41) is 0. The van der Waals surface area contributed by atoms with Gasteiger partial charge in [-0.25, -0.2) is 9.59 Å². The Morgan fingerprint density at radius 2 is 1.24 bits per heavy atom. The van der Waals surface area contributed by atoms with Gasteiger partial charge in [-0.3, -0.25) is 0 Å². The van der Waals surface area contributed by atoms with E-state index in [1.807, 2.05) is 0 Å². The highest BCUT2D eigenvalue weighted by atomic mass is 16.1. The zero-order valence-electron chi connectivity index (χ0n) is 13.3.